The Balaban J connectivity index is 1.95. The molecule has 0 aliphatic heterocycles. The second-order valence-corrected chi connectivity index (χ2v) is 5.01. The summed E-state index contributed by atoms with van der Waals surface area (Å²) in [7, 11) is 0. The Morgan fingerprint density at radius 1 is 0.800 bits per heavy atom. The van der Waals surface area contributed by atoms with Crippen molar-refractivity contribution in [2.45, 2.75) is 32.1 Å². The second kappa shape index (κ2) is 3.84. The first-order valence-electron chi connectivity index (χ1n) is 6.18. The fourth-order valence-corrected chi connectivity index (χ4v) is 3.26. The highest BCUT2D eigenvalue weighted by Gasteiger charge is 2.32. The summed E-state index contributed by atoms with van der Waals surface area (Å²) >= 11 is 0. The SMILES string of the molecule is C1=CC=CC(=C2CC3CCC2CC3)C=C1. The van der Waals surface area contributed by atoms with E-state index in [-0.39, 0.29) is 0 Å². The Kier molecular flexibility index (Phi) is 2.36. The molecular weight excluding hydrogens is 180 g/mol. The van der Waals surface area contributed by atoms with E-state index in [9.17, 15) is 0 Å². The number of fused-ring (bicyclic) bond motifs is 3. The molecule has 15 heavy (non-hydrogen) atoms. The van der Waals surface area contributed by atoms with Gasteiger partial charge in [0.05, 0.1) is 0 Å². The van der Waals surface area contributed by atoms with Crippen LogP contribution >= 0.6 is 0 Å². The molecule has 4 rings (SSSR count). The summed E-state index contributed by atoms with van der Waals surface area (Å²) in [6.45, 7) is 0. The Morgan fingerprint density at radius 2 is 1.47 bits per heavy atom. The second-order valence-electron chi connectivity index (χ2n) is 5.01. The van der Waals surface area contributed by atoms with Crippen LogP contribution in [0.2, 0.25) is 0 Å². The first-order chi connectivity index (χ1) is 7.43. The van der Waals surface area contributed by atoms with Crippen LogP contribution < -0.4 is 0 Å². The topological polar surface area (TPSA) is 0 Å². The number of hydrogen-bond donors (Lipinski definition) is 0. The van der Waals surface area contributed by atoms with Crippen molar-refractivity contribution in [2.24, 2.45) is 11.8 Å². The highest BCUT2D eigenvalue weighted by molar-refractivity contribution is 5.42. The van der Waals surface area contributed by atoms with Crippen molar-refractivity contribution in [1.29, 1.82) is 0 Å². The molecule has 0 N–H and O–H groups in total. The maximum atomic E-state index is 2.29. The largest absolute Gasteiger partial charge is 0.0622 e. The van der Waals surface area contributed by atoms with Gasteiger partial charge < -0.3 is 0 Å². The monoisotopic (exact) mass is 198 g/mol. The number of hydrogen-bond acceptors (Lipinski definition) is 0. The predicted molar refractivity (Wildman–Crippen MR) is 64.5 cm³/mol. The third kappa shape index (κ3) is 1.73. The molecule has 4 aliphatic carbocycles. The van der Waals surface area contributed by atoms with Crippen LogP contribution in [0.3, 0.4) is 0 Å². The van der Waals surface area contributed by atoms with Gasteiger partial charge in [-0.15, -0.1) is 0 Å². The number of allylic oxidation sites excluding steroid dienone is 8. The molecule has 4 aliphatic rings. The third-order valence-corrected chi connectivity index (χ3v) is 4.10. The molecule has 2 bridgehead atoms. The molecule has 0 heteroatoms. The maximum absolute atomic E-state index is 2.29. The molecule has 0 aromatic heterocycles. The number of rotatable bonds is 0. The molecule has 0 aromatic rings. The van der Waals surface area contributed by atoms with Crippen LogP contribution in [0.15, 0.2) is 47.6 Å². The fourth-order valence-electron chi connectivity index (χ4n) is 3.26. The molecule has 0 amide bonds. The highest BCUT2D eigenvalue weighted by atomic mass is 14.4. The summed E-state index contributed by atoms with van der Waals surface area (Å²) in [4.78, 5) is 0. The first kappa shape index (κ1) is 9.21. The van der Waals surface area contributed by atoms with Gasteiger partial charge in [-0.1, -0.05) is 42.0 Å². The molecule has 78 valence electrons. The van der Waals surface area contributed by atoms with Gasteiger partial charge in [0.25, 0.3) is 0 Å². The lowest BCUT2D eigenvalue weighted by Crippen LogP contribution is -2.25. The summed E-state index contributed by atoms with van der Waals surface area (Å²) in [5.41, 5.74) is 3.24. The van der Waals surface area contributed by atoms with Crippen LogP contribution in [-0.2, 0) is 0 Å². The lowest BCUT2D eigenvalue weighted by molar-refractivity contribution is 0.238. The van der Waals surface area contributed by atoms with E-state index >= 15 is 0 Å². The molecule has 3 saturated carbocycles. The van der Waals surface area contributed by atoms with Crippen molar-refractivity contribution < 1.29 is 0 Å². The lowest BCUT2D eigenvalue weighted by atomic mass is 9.66. The minimum absolute atomic E-state index is 0.900. The minimum Gasteiger partial charge on any atom is -0.0622 e. The van der Waals surface area contributed by atoms with Crippen molar-refractivity contribution in [3.8, 4) is 0 Å². The Morgan fingerprint density at radius 3 is 2.00 bits per heavy atom. The molecule has 0 unspecified atom stereocenters. The van der Waals surface area contributed by atoms with Crippen molar-refractivity contribution in [3.63, 3.8) is 0 Å². The van der Waals surface area contributed by atoms with Gasteiger partial charge in [0.2, 0.25) is 0 Å². The van der Waals surface area contributed by atoms with E-state index in [1.165, 1.54) is 37.7 Å². The van der Waals surface area contributed by atoms with Crippen LogP contribution in [0.1, 0.15) is 32.1 Å². The normalized spacial score (nSPS) is 33.6. The average molecular weight is 198 g/mol. The molecule has 0 saturated heterocycles. The molecule has 0 heterocycles. The van der Waals surface area contributed by atoms with Crippen LogP contribution in [-0.4, -0.2) is 0 Å². The van der Waals surface area contributed by atoms with Crippen LogP contribution in [0.5, 0.6) is 0 Å². The molecule has 0 atom stereocenters. The summed E-state index contributed by atoms with van der Waals surface area (Å²) in [5.74, 6) is 1.90. The Bertz CT molecular complexity index is 339. The van der Waals surface area contributed by atoms with Gasteiger partial charge in [-0.05, 0) is 49.5 Å². The molecule has 0 aromatic carbocycles. The summed E-state index contributed by atoms with van der Waals surface area (Å²) in [6.07, 6.45) is 20.4. The maximum Gasteiger partial charge on any atom is -0.0194 e. The molecule has 3 fully saturated rings. The standard InChI is InChI=1S/C15H18/c1-2-4-6-13(5-3-1)15-11-12-7-9-14(15)10-8-12/h1-6,12,14H,7-11H2. The zero-order valence-corrected chi connectivity index (χ0v) is 9.15. The first-order valence-corrected chi connectivity index (χ1v) is 6.18. The van der Waals surface area contributed by atoms with Gasteiger partial charge in [-0.3, -0.25) is 0 Å². The van der Waals surface area contributed by atoms with E-state index in [2.05, 4.69) is 36.5 Å². The van der Waals surface area contributed by atoms with E-state index in [1.807, 2.05) is 0 Å². The Hall–Kier alpha value is -1.04. The molecule has 0 radical (unpaired) electrons. The highest BCUT2D eigenvalue weighted by Crippen LogP contribution is 2.46. The van der Waals surface area contributed by atoms with Gasteiger partial charge in [0.1, 0.15) is 0 Å². The predicted octanol–water partition coefficient (Wildman–Crippen LogP) is 4.18. The van der Waals surface area contributed by atoms with E-state index in [0.29, 0.717) is 0 Å². The third-order valence-electron chi connectivity index (χ3n) is 4.10. The van der Waals surface area contributed by atoms with Gasteiger partial charge >= 0.3 is 0 Å². The van der Waals surface area contributed by atoms with Crippen LogP contribution in [0.4, 0.5) is 0 Å². The average Bonchev–Trinajstić information content (AvgIpc) is 2.59. The zero-order valence-electron chi connectivity index (χ0n) is 9.15. The summed E-state index contributed by atoms with van der Waals surface area (Å²) < 4.78 is 0. The molecular formula is C15H18. The zero-order chi connectivity index (χ0) is 10.1. The van der Waals surface area contributed by atoms with Gasteiger partial charge in [0.15, 0.2) is 0 Å². The molecule has 0 nitrogen and oxygen atoms in total. The Labute approximate surface area is 92.1 Å². The summed E-state index contributed by atoms with van der Waals surface area (Å²) in [5, 5.41) is 0. The van der Waals surface area contributed by atoms with Crippen LogP contribution in [0.25, 0.3) is 0 Å². The van der Waals surface area contributed by atoms with E-state index in [4.69, 9.17) is 0 Å². The van der Waals surface area contributed by atoms with E-state index in [1.54, 1.807) is 5.57 Å². The van der Waals surface area contributed by atoms with Crippen molar-refractivity contribution in [3.05, 3.63) is 47.6 Å². The van der Waals surface area contributed by atoms with Gasteiger partial charge in [-0.2, -0.15) is 0 Å². The lowest BCUT2D eigenvalue weighted by Gasteiger charge is -2.39. The minimum atomic E-state index is 0.900. The molecule has 0 spiro atoms. The van der Waals surface area contributed by atoms with Crippen molar-refractivity contribution in [2.75, 3.05) is 0 Å². The summed E-state index contributed by atoms with van der Waals surface area (Å²) in [6, 6.07) is 0. The quantitative estimate of drug-likeness (QED) is 0.548. The van der Waals surface area contributed by atoms with Crippen molar-refractivity contribution >= 4 is 0 Å². The van der Waals surface area contributed by atoms with Crippen LogP contribution in [0, 0.1) is 11.8 Å². The van der Waals surface area contributed by atoms with E-state index in [0.717, 1.165) is 11.8 Å². The van der Waals surface area contributed by atoms with Gasteiger partial charge in [0, 0.05) is 0 Å². The van der Waals surface area contributed by atoms with Crippen molar-refractivity contribution in [1.82, 2.24) is 0 Å². The van der Waals surface area contributed by atoms with E-state index < -0.39 is 0 Å². The fraction of sp³-hybridized carbons (Fsp3) is 0.467. The smallest absolute Gasteiger partial charge is 0.0194 e. The van der Waals surface area contributed by atoms with Gasteiger partial charge in [-0.25, -0.2) is 0 Å².